The number of pyridine rings is 1. The van der Waals surface area contributed by atoms with Crippen LogP contribution in [0.15, 0.2) is 48.9 Å². The molecule has 7 heteroatoms. The monoisotopic (exact) mass is 400 g/mol. The fourth-order valence-electron chi connectivity index (χ4n) is 4.12. The average molecular weight is 400 g/mol. The minimum Gasteiger partial charge on any atom is -0.469 e. The van der Waals surface area contributed by atoms with Gasteiger partial charge in [0.05, 0.1) is 18.1 Å². The van der Waals surface area contributed by atoms with Gasteiger partial charge < -0.3 is 9.14 Å². The van der Waals surface area contributed by atoms with Crippen molar-refractivity contribution in [2.24, 2.45) is 5.41 Å². The maximum Gasteiger partial charge on any atom is 0.417 e. The Morgan fingerprint density at radius 3 is 2.62 bits per heavy atom. The Morgan fingerprint density at radius 2 is 1.93 bits per heavy atom. The van der Waals surface area contributed by atoms with E-state index in [0.717, 1.165) is 23.4 Å². The van der Waals surface area contributed by atoms with Gasteiger partial charge in [-0.15, -0.1) is 0 Å². The van der Waals surface area contributed by atoms with Crippen LogP contribution in [0.25, 0.3) is 17.3 Å². The molecule has 3 aromatic rings. The van der Waals surface area contributed by atoms with Crippen molar-refractivity contribution in [3.63, 3.8) is 0 Å². The van der Waals surface area contributed by atoms with Crippen molar-refractivity contribution in [3.8, 4) is 0 Å². The second kappa shape index (κ2) is 6.47. The molecule has 0 aliphatic heterocycles. The standard InChI is InChI=1S/C22H19F3N2O2/c1-21(2,20(28)29-3)18-15-7-5-4-6-13(15)10-16(18)17-11-14(22(23,24)25)12-27-9-8-26-19(17)27/h4-12,18H,1-3H3. The Hall–Kier alpha value is -3.09. The minimum atomic E-state index is -4.51. The Morgan fingerprint density at radius 1 is 1.21 bits per heavy atom. The number of nitrogens with zero attached hydrogens (tertiary/aromatic N) is 2. The zero-order chi connectivity index (χ0) is 21.0. The van der Waals surface area contributed by atoms with Gasteiger partial charge in [0.1, 0.15) is 5.65 Å². The molecule has 2 aromatic heterocycles. The maximum atomic E-state index is 13.5. The van der Waals surface area contributed by atoms with Crippen LogP contribution in [0.2, 0.25) is 0 Å². The topological polar surface area (TPSA) is 43.6 Å². The lowest BCUT2D eigenvalue weighted by Crippen LogP contribution is -2.32. The summed E-state index contributed by atoms with van der Waals surface area (Å²) in [6.07, 6.45) is 1.30. The Kier molecular flexibility index (Phi) is 4.29. The molecule has 0 saturated heterocycles. The van der Waals surface area contributed by atoms with Crippen LogP contribution in [0.4, 0.5) is 13.2 Å². The van der Waals surface area contributed by atoms with Crippen LogP contribution in [0.5, 0.6) is 0 Å². The van der Waals surface area contributed by atoms with Gasteiger partial charge in [0.25, 0.3) is 0 Å². The largest absolute Gasteiger partial charge is 0.469 e. The smallest absolute Gasteiger partial charge is 0.417 e. The molecule has 4 rings (SSSR count). The number of benzene rings is 1. The lowest BCUT2D eigenvalue weighted by molar-refractivity contribution is -0.151. The van der Waals surface area contributed by atoms with E-state index in [1.165, 1.54) is 23.9 Å². The molecule has 0 radical (unpaired) electrons. The van der Waals surface area contributed by atoms with E-state index in [2.05, 4.69) is 4.98 Å². The van der Waals surface area contributed by atoms with Crippen LogP contribution >= 0.6 is 0 Å². The SMILES string of the molecule is COC(=O)C(C)(C)C1C(c2cc(C(F)(F)F)cn3ccnc23)=Cc2ccccc21. The number of aromatic nitrogens is 2. The highest BCUT2D eigenvalue weighted by atomic mass is 19.4. The number of rotatable bonds is 3. The van der Waals surface area contributed by atoms with Crippen molar-refractivity contribution < 1.29 is 22.7 Å². The molecule has 1 aromatic carbocycles. The molecule has 0 fully saturated rings. The molecule has 2 heterocycles. The summed E-state index contributed by atoms with van der Waals surface area (Å²) in [5.74, 6) is -0.911. The van der Waals surface area contributed by atoms with E-state index in [9.17, 15) is 18.0 Å². The van der Waals surface area contributed by atoms with Gasteiger partial charge >= 0.3 is 12.1 Å². The minimum absolute atomic E-state index is 0.350. The summed E-state index contributed by atoms with van der Waals surface area (Å²) in [5, 5.41) is 0. The Balaban J connectivity index is 1.99. The highest BCUT2D eigenvalue weighted by Crippen LogP contribution is 2.52. The summed E-state index contributed by atoms with van der Waals surface area (Å²) in [6, 6.07) is 8.61. The number of halogens is 3. The molecule has 1 aliphatic rings. The van der Waals surface area contributed by atoms with E-state index in [0.29, 0.717) is 16.8 Å². The van der Waals surface area contributed by atoms with E-state index in [4.69, 9.17) is 4.74 Å². The van der Waals surface area contributed by atoms with Crippen LogP contribution in [-0.2, 0) is 15.7 Å². The van der Waals surface area contributed by atoms with E-state index < -0.39 is 29.0 Å². The second-order valence-electron chi connectivity index (χ2n) is 7.67. The summed E-state index contributed by atoms with van der Waals surface area (Å²) in [6.45, 7) is 3.49. The van der Waals surface area contributed by atoms with E-state index in [-0.39, 0.29) is 0 Å². The molecule has 0 spiro atoms. The number of allylic oxidation sites excluding steroid dienone is 1. The van der Waals surface area contributed by atoms with Crippen LogP contribution in [-0.4, -0.2) is 22.5 Å². The van der Waals surface area contributed by atoms with Crippen molar-refractivity contribution in [2.75, 3.05) is 7.11 Å². The molecule has 1 atom stereocenters. The molecule has 0 N–H and O–H groups in total. The Labute approximate surface area is 165 Å². The molecule has 0 saturated carbocycles. The lowest BCUT2D eigenvalue weighted by atomic mass is 9.71. The first kappa shape index (κ1) is 19.2. The summed E-state index contributed by atoms with van der Waals surface area (Å²) in [7, 11) is 1.31. The molecule has 0 amide bonds. The number of hydrogen-bond acceptors (Lipinski definition) is 3. The molecule has 0 bridgehead atoms. The van der Waals surface area contributed by atoms with E-state index in [1.54, 1.807) is 13.8 Å². The molecular formula is C22H19F3N2O2. The second-order valence-corrected chi connectivity index (χ2v) is 7.67. The third-order valence-electron chi connectivity index (χ3n) is 5.49. The third-order valence-corrected chi connectivity index (χ3v) is 5.49. The number of carbonyl (C=O) groups excluding carboxylic acids is 1. The van der Waals surface area contributed by atoms with Gasteiger partial charge in [-0.25, -0.2) is 4.98 Å². The first-order valence-electron chi connectivity index (χ1n) is 9.08. The highest BCUT2D eigenvalue weighted by molar-refractivity contribution is 5.98. The van der Waals surface area contributed by atoms with Crippen molar-refractivity contribution in [2.45, 2.75) is 25.9 Å². The summed E-state index contributed by atoms with van der Waals surface area (Å²) >= 11 is 0. The molecule has 1 aliphatic carbocycles. The lowest BCUT2D eigenvalue weighted by Gasteiger charge is -2.32. The van der Waals surface area contributed by atoms with Crippen LogP contribution in [0, 0.1) is 5.41 Å². The number of alkyl halides is 3. The van der Waals surface area contributed by atoms with Crippen molar-refractivity contribution >= 4 is 23.3 Å². The summed E-state index contributed by atoms with van der Waals surface area (Å²) < 4.78 is 47.0. The number of hydrogen-bond donors (Lipinski definition) is 0. The molecule has 29 heavy (non-hydrogen) atoms. The van der Waals surface area contributed by atoms with E-state index >= 15 is 0 Å². The van der Waals surface area contributed by atoms with Crippen LogP contribution in [0.1, 0.15) is 42.0 Å². The first-order valence-corrected chi connectivity index (χ1v) is 9.08. The summed E-state index contributed by atoms with van der Waals surface area (Å²) in [5.41, 5.74) is 1.34. The first-order chi connectivity index (χ1) is 13.6. The maximum absolute atomic E-state index is 13.5. The van der Waals surface area contributed by atoms with Crippen molar-refractivity contribution in [1.82, 2.24) is 9.38 Å². The zero-order valence-corrected chi connectivity index (χ0v) is 16.1. The Bertz CT molecular complexity index is 1140. The highest BCUT2D eigenvalue weighted by Gasteiger charge is 2.45. The van der Waals surface area contributed by atoms with Gasteiger partial charge in [-0.2, -0.15) is 13.2 Å². The fraction of sp³-hybridized carbons (Fsp3) is 0.273. The van der Waals surface area contributed by atoms with Gasteiger partial charge in [-0.05, 0) is 36.6 Å². The summed E-state index contributed by atoms with van der Waals surface area (Å²) in [4.78, 5) is 16.9. The third kappa shape index (κ3) is 3.01. The van der Waals surface area contributed by atoms with Crippen molar-refractivity contribution in [1.29, 1.82) is 0 Å². The van der Waals surface area contributed by atoms with Gasteiger partial charge in [-0.3, -0.25) is 4.79 Å². The van der Waals surface area contributed by atoms with Gasteiger partial charge in [0.15, 0.2) is 0 Å². The average Bonchev–Trinajstić information content (AvgIpc) is 3.30. The zero-order valence-electron chi connectivity index (χ0n) is 16.1. The number of methoxy groups -OCH3 is 1. The van der Waals surface area contributed by atoms with Crippen molar-refractivity contribution in [3.05, 3.63) is 71.2 Å². The normalized spacial score (nSPS) is 16.6. The number of carbonyl (C=O) groups is 1. The van der Waals surface area contributed by atoms with Gasteiger partial charge in [0, 0.05) is 30.1 Å². The van der Waals surface area contributed by atoms with Crippen LogP contribution < -0.4 is 0 Å². The van der Waals surface area contributed by atoms with E-state index in [1.807, 2.05) is 30.3 Å². The predicted octanol–water partition coefficient (Wildman–Crippen LogP) is 5.19. The number of fused-ring (bicyclic) bond motifs is 2. The predicted molar refractivity (Wildman–Crippen MR) is 103 cm³/mol. The number of imidazole rings is 1. The number of esters is 1. The quantitative estimate of drug-likeness (QED) is 0.569. The molecule has 4 nitrogen and oxygen atoms in total. The molecule has 1 unspecified atom stereocenters. The number of ether oxygens (including phenoxy) is 1. The fourth-order valence-corrected chi connectivity index (χ4v) is 4.12. The van der Waals surface area contributed by atoms with Crippen LogP contribution in [0.3, 0.4) is 0 Å². The molecule has 150 valence electrons. The van der Waals surface area contributed by atoms with Gasteiger partial charge in [-0.1, -0.05) is 30.3 Å². The molecular weight excluding hydrogens is 381 g/mol. The van der Waals surface area contributed by atoms with Gasteiger partial charge in [0.2, 0.25) is 0 Å².